The maximum Gasteiger partial charge on any atom is 0.544 e. The molecular formula is C34H39N3O6P+. The molecule has 10 heteroatoms. The third-order valence-corrected chi connectivity index (χ3v) is 7.88. The maximum absolute atomic E-state index is 12.7. The molecule has 1 heterocycles. The van der Waals surface area contributed by atoms with Crippen molar-refractivity contribution in [2.45, 2.75) is 38.6 Å². The number of hydrogen-bond acceptors (Lipinski definition) is 8. The summed E-state index contributed by atoms with van der Waals surface area (Å²) in [5, 5.41) is 3.15. The molecule has 230 valence electrons. The zero-order valence-electron chi connectivity index (χ0n) is 25.2. The van der Waals surface area contributed by atoms with Crippen molar-refractivity contribution in [2.24, 2.45) is 11.1 Å². The monoisotopic (exact) mass is 616 g/mol. The van der Waals surface area contributed by atoms with Crippen molar-refractivity contribution >= 4 is 19.9 Å². The van der Waals surface area contributed by atoms with E-state index in [1.165, 1.54) is 18.1 Å². The normalized spacial score (nSPS) is 18.3. The molecule has 1 aliphatic heterocycles. The van der Waals surface area contributed by atoms with E-state index in [4.69, 9.17) is 19.7 Å². The highest BCUT2D eigenvalue weighted by Crippen LogP contribution is 2.43. The number of benzene rings is 3. The van der Waals surface area contributed by atoms with E-state index in [1.807, 2.05) is 54.6 Å². The fourth-order valence-electron chi connectivity index (χ4n) is 5.14. The van der Waals surface area contributed by atoms with Gasteiger partial charge in [0.05, 0.1) is 17.1 Å². The molecule has 0 aliphatic carbocycles. The Bertz CT molecular complexity index is 1360. The second-order valence-corrected chi connectivity index (χ2v) is 12.5. The number of carbonyl (C=O) groups excluding carboxylic acids is 2. The minimum absolute atomic E-state index is 0.422. The number of ether oxygens (including phenoxy) is 2. The molecule has 1 amide bonds. The number of carbonyl (C=O) groups is 2. The van der Waals surface area contributed by atoms with Crippen LogP contribution in [0.1, 0.15) is 37.5 Å². The highest BCUT2D eigenvalue weighted by atomic mass is 31.1. The molecule has 1 unspecified atom stereocenters. The van der Waals surface area contributed by atoms with Crippen molar-refractivity contribution in [1.29, 1.82) is 0 Å². The van der Waals surface area contributed by atoms with Gasteiger partial charge in [-0.25, -0.2) is 0 Å². The smallest absolute Gasteiger partial charge is 0.433 e. The van der Waals surface area contributed by atoms with Crippen LogP contribution in [0.4, 0.5) is 0 Å². The van der Waals surface area contributed by atoms with E-state index in [9.17, 15) is 14.2 Å². The molecule has 3 N–H and O–H groups in total. The lowest BCUT2D eigenvalue weighted by Crippen LogP contribution is -2.59. The van der Waals surface area contributed by atoms with Gasteiger partial charge >= 0.3 is 14.0 Å². The van der Waals surface area contributed by atoms with E-state index in [-0.39, 0.29) is 0 Å². The largest absolute Gasteiger partial charge is 0.544 e. The number of rotatable bonds is 12. The van der Waals surface area contributed by atoms with E-state index in [2.05, 4.69) is 46.6 Å². The molecule has 1 aliphatic rings. The molecule has 0 spiro atoms. The van der Waals surface area contributed by atoms with Crippen LogP contribution in [0.3, 0.4) is 0 Å². The molecular weight excluding hydrogens is 577 g/mol. The topological polar surface area (TPSA) is 120 Å². The summed E-state index contributed by atoms with van der Waals surface area (Å²) in [6, 6.07) is 30.8. The number of nitrogens with zero attached hydrogens (tertiary/aromatic N) is 1. The van der Waals surface area contributed by atoms with Gasteiger partial charge in [-0.2, -0.15) is 0 Å². The van der Waals surface area contributed by atoms with Crippen LogP contribution in [-0.4, -0.2) is 49.0 Å². The van der Waals surface area contributed by atoms with Gasteiger partial charge < -0.3 is 20.5 Å². The lowest BCUT2D eigenvalue weighted by molar-refractivity contribution is -0.159. The van der Waals surface area contributed by atoms with Gasteiger partial charge in [0.25, 0.3) is 0 Å². The van der Waals surface area contributed by atoms with E-state index in [0.717, 1.165) is 16.7 Å². The number of nitrogens with two attached hydrogens (primary N) is 1. The maximum atomic E-state index is 12.7. The molecule has 0 aromatic heterocycles. The van der Waals surface area contributed by atoms with Gasteiger partial charge in [-0.3, -0.25) is 14.5 Å². The predicted octanol–water partition coefficient (Wildman–Crippen LogP) is 5.41. The number of hydrogen-bond donors (Lipinski definition) is 2. The Morgan fingerprint density at radius 1 is 0.932 bits per heavy atom. The average molecular weight is 617 g/mol. The van der Waals surface area contributed by atoms with Crippen LogP contribution in [0.5, 0.6) is 0 Å². The number of primary amides is 1. The van der Waals surface area contributed by atoms with Crippen molar-refractivity contribution in [2.75, 3.05) is 19.9 Å². The van der Waals surface area contributed by atoms with Gasteiger partial charge in [0.1, 0.15) is 6.23 Å². The molecule has 3 aromatic carbocycles. The van der Waals surface area contributed by atoms with E-state index in [1.54, 1.807) is 26.8 Å². The van der Waals surface area contributed by atoms with Crippen LogP contribution in [0.2, 0.25) is 0 Å². The Labute approximate surface area is 259 Å². The minimum atomic E-state index is -2.28. The predicted molar refractivity (Wildman–Crippen MR) is 169 cm³/mol. The molecule has 3 atom stereocenters. The van der Waals surface area contributed by atoms with Gasteiger partial charge in [0.15, 0.2) is 5.82 Å². The number of nitrogens with one attached hydrogen (secondary N) is 1. The lowest BCUT2D eigenvalue weighted by Gasteiger charge is -2.50. The lowest BCUT2D eigenvalue weighted by atomic mass is 9.75. The highest BCUT2D eigenvalue weighted by molar-refractivity contribution is 7.42. The van der Waals surface area contributed by atoms with E-state index < -0.39 is 50.0 Å². The van der Waals surface area contributed by atoms with Gasteiger partial charge in [0, 0.05) is 25.4 Å². The molecule has 44 heavy (non-hydrogen) atoms. The van der Waals surface area contributed by atoms with E-state index in [0.29, 0.717) is 13.1 Å². The first-order valence-corrected chi connectivity index (χ1v) is 15.6. The zero-order valence-corrected chi connectivity index (χ0v) is 26.1. The molecule has 1 saturated heterocycles. The van der Waals surface area contributed by atoms with Gasteiger partial charge in [-0.15, -0.1) is 4.52 Å². The first-order chi connectivity index (χ1) is 21.1. The summed E-state index contributed by atoms with van der Waals surface area (Å²) in [6.45, 7) is 5.61. The molecule has 4 rings (SSSR count). The van der Waals surface area contributed by atoms with Crippen LogP contribution >= 0.6 is 8.03 Å². The second-order valence-electron chi connectivity index (χ2n) is 11.3. The van der Waals surface area contributed by atoms with E-state index >= 15 is 0 Å². The fraction of sp³-hybridized carbons (Fsp3) is 0.294. The number of esters is 1. The van der Waals surface area contributed by atoms with Gasteiger partial charge in [-0.05, 0) is 48.1 Å². The van der Waals surface area contributed by atoms with Gasteiger partial charge in [0.2, 0.25) is 12.7 Å². The Morgan fingerprint density at radius 2 is 1.45 bits per heavy atom. The SMILES string of the molecule is CC(C)(C)C(=O)OCO[P+](=O)/C=C/[C@@H]1CN(C(c2ccccc2)(c2ccccc2)c2ccccc2)C[C@H](N/C=C\C(N)=O)O1. The molecule has 1 fully saturated rings. The Hall–Kier alpha value is -4.14. The van der Waals surface area contributed by atoms with Crippen molar-refractivity contribution in [3.05, 3.63) is 132 Å². The third-order valence-electron chi connectivity index (χ3n) is 7.11. The second kappa shape index (κ2) is 15.0. The quantitative estimate of drug-likeness (QED) is 0.0911. The third kappa shape index (κ3) is 8.27. The summed E-state index contributed by atoms with van der Waals surface area (Å²) in [5.74, 6) is 0.378. The molecule has 0 radical (unpaired) electrons. The fourth-order valence-corrected chi connectivity index (χ4v) is 5.72. The van der Waals surface area contributed by atoms with Crippen LogP contribution in [0, 0.1) is 5.41 Å². The first-order valence-electron chi connectivity index (χ1n) is 14.3. The Morgan fingerprint density at radius 3 is 1.93 bits per heavy atom. The number of morpholine rings is 1. The van der Waals surface area contributed by atoms with Crippen LogP contribution in [-0.2, 0) is 33.7 Å². The summed E-state index contributed by atoms with van der Waals surface area (Å²) in [4.78, 5) is 25.7. The van der Waals surface area contributed by atoms with Crippen molar-refractivity contribution in [1.82, 2.24) is 10.2 Å². The minimum Gasteiger partial charge on any atom is -0.433 e. The van der Waals surface area contributed by atoms with Crippen LogP contribution < -0.4 is 11.1 Å². The van der Waals surface area contributed by atoms with Crippen molar-refractivity contribution in [3.8, 4) is 0 Å². The summed E-state index contributed by atoms with van der Waals surface area (Å²) in [7, 11) is -2.28. The number of amides is 1. The summed E-state index contributed by atoms with van der Waals surface area (Å²) in [6.07, 6.45) is 3.30. The van der Waals surface area contributed by atoms with Gasteiger partial charge in [-0.1, -0.05) is 91.0 Å². The van der Waals surface area contributed by atoms with Crippen molar-refractivity contribution < 1.29 is 28.2 Å². The zero-order chi connectivity index (χ0) is 31.6. The molecule has 0 bridgehead atoms. The van der Waals surface area contributed by atoms with Crippen molar-refractivity contribution in [3.63, 3.8) is 0 Å². The first kappa shape index (κ1) is 32.8. The summed E-state index contributed by atoms with van der Waals surface area (Å²) < 4.78 is 29.4. The van der Waals surface area contributed by atoms with Crippen LogP contribution in [0.15, 0.2) is 115 Å². The molecule has 9 nitrogen and oxygen atoms in total. The molecule has 3 aromatic rings. The Kier molecular flexibility index (Phi) is 11.2. The standard InChI is InChI=1S/C34H38N3O6P/c1-33(2,3)32(39)41-25-42-44(40)22-20-29-23-37(24-31(43-29)36-21-19-30(35)38)34(26-13-7-4-8-14-26,27-15-9-5-10-16-27)28-17-11-6-12-18-28/h4-22,29,31H,23-25H2,1-3H3,(H2-,35,36,38)/p+1/b22-20+/t29-,31-/m1/s1. The summed E-state index contributed by atoms with van der Waals surface area (Å²) >= 11 is 0. The Balaban J connectivity index is 1.70. The highest BCUT2D eigenvalue weighted by Gasteiger charge is 2.45. The summed E-state index contributed by atoms with van der Waals surface area (Å²) in [5.41, 5.74) is 7.07. The average Bonchev–Trinajstić information content (AvgIpc) is 3.01. The van der Waals surface area contributed by atoms with Crippen LogP contribution in [0.25, 0.3) is 0 Å². The molecule has 0 saturated carbocycles.